The number of halogens is 1. The molecule has 1 N–H and O–H groups in total. The minimum Gasteiger partial charge on any atom is -0.461 e. The molecular weight excluding hydrogens is 561 g/mol. The molecule has 1 heterocycles. The van der Waals surface area contributed by atoms with Crippen LogP contribution in [0.1, 0.15) is 34.6 Å². The number of hydrogen-bond acceptors (Lipinski definition) is 9. The average Bonchev–Trinajstić information content (AvgIpc) is 3.23. The molecule has 218 valence electrons. The smallest absolute Gasteiger partial charge is 0.414 e. The first-order chi connectivity index (χ1) is 18.5. The molecule has 0 aromatic heterocycles. The summed E-state index contributed by atoms with van der Waals surface area (Å²) in [4.78, 5) is 40.7. The summed E-state index contributed by atoms with van der Waals surface area (Å²) < 4.78 is 54.0. The Bertz CT molecular complexity index is 1380. The molecule has 0 radical (unpaired) electrons. The van der Waals surface area contributed by atoms with Gasteiger partial charge in [0.15, 0.2) is 5.78 Å². The second-order valence-electron chi connectivity index (χ2n) is 10.6. The maximum Gasteiger partial charge on any atom is 0.414 e. The van der Waals surface area contributed by atoms with Gasteiger partial charge in [0.2, 0.25) is 5.54 Å². The van der Waals surface area contributed by atoms with Gasteiger partial charge >= 0.3 is 12.1 Å². The molecule has 1 fully saturated rings. The van der Waals surface area contributed by atoms with E-state index in [1.165, 1.54) is 74.1 Å². The van der Waals surface area contributed by atoms with E-state index in [0.29, 0.717) is 10.1 Å². The van der Waals surface area contributed by atoms with Crippen molar-refractivity contribution in [1.82, 2.24) is 10.2 Å². The number of esters is 1. The summed E-state index contributed by atoms with van der Waals surface area (Å²) in [6.07, 6.45) is -1.34. The molecule has 2 aromatic carbocycles. The predicted octanol–water partition coefficient (Wildman–Crippen LogP) is 3.80. The number of benzene rings is 2. The van der Waals surface area contributed by atoms with Crippen molar-refractivity contribution < 1.29 is 36.7 Å². The van der Waals surface area contributed by atoms with Gasteiger partial charge in [-0.05, 0) is 77.1 Å². The molecule has 13 heteroatoms. The van der Waals surface area contributed by atoms with E-state index < -0.39 is 61.1 Å². The summed E-state index contributed by atoms with van der Waals surface area (Å²) >= 11 is 1.24. The van der Waals surface area contributed by atoms with Crippen molar-refractivity contribution in [1.29, 1.82) is 0 Å². The lowest BCUT2D eigenvalue weighted by atomic mass is 9.94. The number of sulfonamides is 1. The summed E-state index contributed by atoms with van der Waals surface area (Å²) in [5.74, 6) is -2.04. The fourth-order valence-corrected chi connectivity index (χ4v) is 7.17. The van der Waals surface area contributed by atoms with Gasteiger partial charge in [-0.15, -0.1) is 11.8 Å². The van der Waals surface area contributed by atoms with Crippen LogP contribution in [0, 0.1) is 5.82 Å². The molecule has 0 bridgehead atoms. The highest BCUT2D eigenvalue weighted by atomic mass is 32.2. The van der Waals surface area contributed by atoms with E-state index in [0.717, 1.165) is 12.1 Å². The Morgan fingerprint density at radius 2 is 1.75 bits per heavy atom. The lowest BCUT2D eigenvalue weighted by Gasteiger charge is -2.40. The maximum absolute atomic E-state index is 14.2. The maximum atomic E-state index is 14.2. The molecule has 0 saturated carbocycles. The van der Waals surface area contributed by atoms with Crippen LogP contribution in [0.3, 0.4) is 0 Å². The Morgan fingerprint density at radius 3 is 2.25 bits per heavy atom. The number of nitrogens with zero attached hydrogens (tertiary/aromatic N) is 2. The monoisotopic (exact) mass is 595 g/mol. The average molecular weight is 596 g/mol. The van der Waals surface area contributed by atoms with Crippen LogP contribution in [0.4, 0.5) is 14.9 Å². The number of thioether (sulfide) groups is 1. The first-order valence-corrected chi connectivity index (χ1v) is 14.9. The zero-order chi connectivity index (χ0) is 30.0. The van der Waals surface area contributed by atoms with Gasteiger partial charge < -0.3 is 14.4 Å². The number of nitrogens with one attached hydrogen (secondary N) is 1. The van der Waals surface area contributed by atoms with Crippen LogP contribution in [-0.4, -0.2) is 73.6 Å². The quantitative estimate of drug-likeness (QED) is 0.341. The molecule has 1 aliphatic heterocycles. The topological polar surface area (TPSA) is 122 Å². The van der Waals surface area contributed by atoms with Crippen molar-refractivity contribution in [3.05, 3.63) is 54.3 Å². The zero-order valence-corrected chi connectivity index (χ0v) is 25.1. The fraction of sp³-hybridized carbons (Fsp3) is 0.444. The molecular formula is C27H34FN3O7S2. The number of anilines is 1. The Hall–Kier alpha value is -3.16. The second kappa shape index (κ2) is 11.8. The third kappa shape index (κ3) is 6.58. The minimum atomic E-state index is -4.75. The molecule has 2 aromatic rings. The molecule has 1 amide bonds. The predicted molar refractivity (Wildman–Crippen MR) is 150 cm³/mol. The second-order valence-corrected chi connectivity index (χ2v) is 13.5. The standard InChI is InChI=1S/C27H34FN3O7S2/c1-17(2)37-24(33)27(5,22(32)23-29-26(3,4)16-39-23)31(40(35,36)21-10-8-9-18(28)15-21)19-11-13-20(14-12-19)38-25(34)30(6)7/h8-15,17,23,29H,16H2,1-7H3/t23-,27+/m0/s1. The molecule has 2 atom stereocenters. The Kier molecular flexibility index (Phi) is 9.22. The molecule has 1 aliphatic rings. The summed E-state index contributed by atoms with van der Waals surface area (Å²) in [6, 6.07) is 9.51. The van der Waals surface area contributed by atoms with E-state index in [9.17, 15) is 27.2 Å². The van der Waals surface area contributed by atoms with Gasteiger partial charge in [-0.3, -0.25) is 10.1 Å². The number of carbonyl (C=O) groups excluding carboxylic acids is 3. The van der Waals surface area contributed by atoms with Crippen molar-refractivity contribution in [2.75, 3.05) is 24.2 Å². The molecule has 3 rings (SSSR count). The minimum absolute atomic E-state index is 0.0955. The molecule has 0 unspecified atom stereocenters. The zero-order valence-electron chi connectivity index (χ0n) is 23.4. The van der Waals surface area contributed by atoms with Gasteiger partial charge in [-0.2, -0.15) is 0 Å². The van der Waals surface area contributed by atoms with Crippen LogP contribution in [-0.2, 0) is 24.3 Å². The molecule has 0 aliphatic carbocycles. The Morgan fingerprint density at radius 1 is 1.12 bits per heavy atom. The number of ether oxygens (including phenoxy) is 2. The van der Waals surface area contributed by atoms with E-state index in [1.807, 2.05) is 13.8 Å². The summed E-state index contributed by atoms with van der Waals surface area (Å²) in [5.41, 5.74) is -2.98. The lowest BCUT2D eigenvalue weighted by molar-refractivity contribution is -0.156. The van der Waals surface area contributed by atoms with E-state index in [2.05, 4.69) is 5.32 Å². The highest BCUT2D eigenvalue weighted by Gasteiger charge is 2.57. The van der Waals surface area contributed by atoms with Crippen LogP contribution < -0.4 is 14.4 Å². The van der Waals surface area contributed by atoms with Crippen molar-refractivity contribution >= 4 is 45.3 Å². The lowest BCUT2D eigenvalue weighted by Crippen LogP contribution is -2.65. The van der Waals surface area contributed by atoms with Crippen LogP contribution in [0.2, 0.25) is 0 Å². The van der Waals surface area contributed by atoms with Gasteiger partial charge in [-0.1, -0.05) is 6.07 Å². The Balaban J connectivity index is 2.25. The number of ketones is 1. The van der Waals surface area contributed by atoms with E-state index in [-0.39, 0.29) is 11.4 Å². The number of amides is 1. The van der Waals surface area contributed by atoms with Crippen LogP contribution in [0.15, 0.2) is 53.4 Å². The van der Waals surface area contributed by atoms with Crippen LogP contribution in [0.5, 0.6) is 5.75 Å². The summed E-state index contributed by atoms with van der Waals surface area (Å²) in [5, 5.41) is 2.21. The van der Waals surface area contributed by atoms with Crippen molar-refractivity contribution in [2.24, 2.45) is 0 Å². The fourth-order valence-electron chi connectivity index (χ4n) is 3.95. The number of Topliss-reactive ketones (excluding diaryl/α,β-unsaturated/α-hetero) is 1. The molecule has 1 saturated heterocycles. The third-order valence-electron chi connectivity index (χ3n) is 5.97. The number of carbonyl (C=O) groups is 3. The van der Waals surface area contributed by atoms with Gasteiger partial charge in [0.05, 0.1) is 16.7 Å². The highest BCUT2D eigenvalue weighted by Crippen LogP contribution is 2.38. The van der Waals surface area contributed by atoms with Gasteiger partial charge in [0.25, 0.3) is 10.0 Å². The van der Waals surface area contributed by atoms with Crippen molar-refractivity contribution in [2.45, 2.75) is 62.1 Å². The normalized spacial score (nSPS) is 18.1. The van der Waals surface area contributed by atoms with Crippen LogP contribution >= 0.6 is 11.8 Å². The third-order valence-corrected chi connectivity index (χ3v) is 9.43. The van der Waals surface area contributed by atoms with Crippen molar-refractivity contribution in [3.63, 3.8) is 0 Å². The first-order valence-electron chi connectivity index (χ1n) is 12.4. The molecule has 10 nitrogen and oxygen atoms in total. The SMILES string of the molecule is CC(C)OC(=O)[C@@](C)(C(=O)[C@H]1NC(C)(C)CS1)N(c1ccc(OC(=O)N(C)C)cc1)S(=O)(=O)c1cccc(F)c1. The van der Waals surface area contributed by atoms with Crippen molar-refractivity contribution in [3.8, 4) is 5.75 Å². The van der Waals surface area contributed by atoms with Crippen LogP contribution in [0.25, 0.3) is 0 Å². The molecule has 0 spiro atoms. The first kappa shape index (κ1) is 31.4. The van der Waals surface area contributed by atoms with E-state index in [1.54, 1.807) is 13.8 Å². The van der Waals surface area contributed by atoms with Gasteiger partial charge in [-0.25, -0.2) is 26.7 Å². The highest BCUT2D eigenvalue weighted by molar-refractivity contribution is 8.01. The Labute approximate surface area is 238 Å². The van der Waals surface area contributed by atoms with Gasteiger partial charge in [0, 0.05) is 25.4 Å². The summed E-state index contributed by atoms with van der Waals surface area (Å²) in [6.45, 7) is 8.10. The largest absolute Gasteiger partial charge is 0.461 e. The summed E-state index contributed by atoms with van der Waals surface area (Å²) in [7, 11) is -1.75. The van der Waals surface area contributed by atoms with E-state index in [4.69, 9.17) is 9.47 Å². The molecule has 40 heavy (non-hydrogen) atoms. The number of hydrogen-bond donors (Lipinski definition) is 1. The number of rotatable bonds is 9. The van der Waals surface area contributed by atoms with E-state index >= 15 is 0 Å². The van der Waals surface area contributed by atoms with Gasteiger partial charge in [0.1, 0.15) is 16.9 Å².